The Bertz CT molecular complexity index is 675. The zero-order valence-corrected chi connectivity index (χ0v) is 11.8. The number of hydrogen-bond donors (Lipinski definition) is 2. The van der Waals surface area contributed by atoms with Crippen molar-refractivity contribution < 1.29 is 14.7 Å². The first-order chi connectivity index (χ1) is 10.2. The molecule has 1 fully saturated rings. The Balaban J connectivity index is 1.93. The fraction of sp³-hybridized carbons (Fsp3) is 0.267. The molecular weight excluding hydrogens is 288 g/mol. The number of carbonyl (C=O) groups is 2. The van der Waals surface area contributed by atoms with Crippen LogP contribution in [0.25, 0.3) is 5.57 Å². The van der Waals surface area contributed by atoms with Gasteiger partial charge in [-0.05, 0) is 22.1 Å². The van der Waals surface area contributed by atoms with Gasteiger partial charge in [0.1, 0.15) is 0 Å². The van der Waals surface area contributed by atoms with Crippen molar-refractivity contribution in [1.29, 1.82) is 5.26 Å². The summed E-state index contributed by atoms with van der Waals surface area (Å²) >= 11 is 1.39. The molecule has 1 aromatic carbocycles. The summed E-state index contributed by atoms with van der Waals surface area (Å²) in [5.74, 6) is -2.57. The van der Waals surface area contributed by atoms with E-state index in [9.17, 15) is 9.59 Å². The van der Waals surface area contributed by atoms with Crippen molar-refractivity contribution in [2.45, 2.75) is 12.0 Å². The second-order valence-electron chi connectivity index (χ2n) is 4.94. The maximum Gasteiger partial charge on any atom is 0.245 e. The van der Waals surface area contributed by atoms with Gasteiger partial charge in [0, 0.05) is 0 Å². The maximum atomic E-state index is 12.4. The summed E-state index contributed by atoms with van der Waals surface area (Å²) in [5.41, 5.74) is 2.48. The number of thioether (sulfide) groups is 1. The maximum absolute atomic E-state index is 12.4. The van der Waals surface area contributed by atoms with Gasteiger partial charge in [-0.2, -0.15) is 5.26 Å². The Labute approximate surface area is 125 Å². The second-order valence-corrected chi connectivity index (χ2v) is 5.95. The molecule has 2 aliphatic rings. The quantitative estimate of drug-likeness (QED) is 0.797. The van der Waals surface area contributed by atoms with Crippen LogP contribution in [0, 0.1) is 23.2 Å². The van der Waals surface area contributed by atoms with E-state index in [2.05, 4.69) is 5.32 Å². The third-order valence-electron chi connectivity index (χ3n) is 3.72. The standard InChI is InChI=1S/C15H12N2O3S/c16-5-10-13(19)12-11(7-21-15(12)17-14(10)20)9-3-1-8(6-18)2-4-9/h1-4,7,10,12,15,18H,6H2,(H,17,20). The largest absolute Gasteiger partial charge is 0.392 e. The van der Waals surface area contributed by atoms with Gasteiger partial charge in [0.15, 0.2) is 11.7 Å². The van der Waals surface area contributed by atoms with E-state index in [1.54, 1.807) is 18.2 Å². The first kappa shape index (κ1) is 13.9. The molecule has 1 saturated heterocycles. The van der Waals surface area contributed by atoms with Crippen LogP contribution >= 0.6 is 11.8 Å². The Hall–Kier alpha value is -2.10. The van der Waals surface area contributed by atoms with Crippen molar-refractivity contribution in [2.75, 3.05) is 0 Å². The molecule has 1 aromatic rings. The average Bonchev–Trinajstić information content (AvgIpc) is 2.91. The number of aliphatic hydroxyl groups excluding tert-OH is 1. The molecule has 0 spiro atoms. The van der Waals surface area contributed by atoms with Crippen molar-refractivity contribution in [3.8, 4) is 6.07 Å². The van der Waals surface area contributed by atoms with Gasteiger partial charge in [0.2, 0.25) is 5.91 Å². The molecule has 21 heavy (non-hydrogen) atoms. The Morgan fingerprint density at radius 1 is 1.29 bits per heavy atom. The number of nitrogens with zero attached hydrogens (tertiary/aromatic N) is 1. The van der Waals surface area contributed by atoms with E-state index in [0.717, 1.165) is 16.7 Å². The summed E-state index contributed by atoms with van der Waals surface area (Å²) in [6.45, 7) is -0.0361. The number of amides is 1. The minimum absolute atomic E-state index is 0.0361. The summed E-state index contributed by atoms with van der Waals surface area (Å²) < 4.78 is 0. The Kier molecular flexibility index (Phi) is 3.53. The van der Waals surface area contributed by atoms with Crippen LogP contribution in [0.15, 0.2) is 29.7 Å². The fourth-order valence-electron chi connectivity index (χ4n) is 2.59. The highest BCUT2D eigenvalue weighted by atomic mass is 32.2. The number of fused-ring (bicyclic) bond motifs is 1. The number of piperidine rings is 1. The lowest BCUT2D eigenvalue weighted by Gasteiger charge is -2.29. The highest BCUT2D eigenvalue weighted by Gasteiger charge is 2.47. The molecule has 0 bridgehead atoms. The van der Waals surface area contributed by atoms with Crippen molar-refractivity contribution >= 4 is 29.0 Å². The normalized spacial score (nSPS) is 27.6. The molecule has 5 nitrogen and oxygen atoms in total. The lowest BCUT2D eigenvalue weighted by atomic mass is 9.82. The van der Waals surface area contributed by atoms with E-state index in [1.807, 2.05) is 17.5 Å². The van der Waals surface area contributed by atoms with Crippen molar-refractivity contribution in [1.82, 2.24) is 5.32 Å². The molecule has 3 unspecified atom stereocenters. The van der Waals surface area contributed by atoms with Gasteiger partial charge in [-0.1, -0.05) is 24.3 Å². The van der Waals surface area contributed by atoms with Crippen LogP contribution in [0.3, 0.4) is 0 Å². The topological polar surface area (TPSA) is 90.2 Å². The van der Waals surface area contributed by atoms with Gasteiger partial charge in [0.05, 0.1) is 24.0 Å². The van der Waals surface area contributed by atoms with Gasteiger partial charge in [-0.25, -0.2) is 0 Å². The zero-order valence-electron chi connectivity index (χ0n) is 10.9. The van der Waals surface area contributed by atoms with Crippen LogP contribution in [-0.4, -0.2) is 22.2 Å². The number of nitrogens with one attached hydrogen (secondary N) is 1. The van der Waals surface area contributed by atoms with Gasteiger partial charge in [0.25, 0.3) is 0 Å². The summed E-state index contributed by atoms with van der Waals surface area (Å²) in [5, 5.41) is 22.3. The second kappa shape index (κ2) is 5.35. The van der Waals surface area contributed by atoms with Crippen LogP contribution in [-0.2, 0) is 16.2 Å². The van der Waals surface area contributed by atoms with E-state index in [-0.39, 0.29) is 17.8 Å². The predicted octanol–water partition coefficient (Wildman–Crippen LogP) is 1.05. The number of rotatable bonds is 2. The molecule has 0 radical (unpaired) electrons. The lowest BCUT2D eigenvalue weighted by Crippen LogP contribution is -2.52. The van der Waals surface area contributed by atoms with Crippen LogP contribution in [0.5, 0.6) is 0 Å². The van der Waals surface area contributed by atoms with E-state index in [0.29, 0.717) is 0 Å². The summed E-state index contributed by atoms with van der Waals surface area (Å²) in [6, 6.07) is 9.04. The van der Waals surface area contributed by atoms with Crippen LogP contribution in [0.1, 0.15) is 11.1 Å². The molecular formula is C15H12N2O3S. The van der Waals surface area contributed by atoms with Crippen molar-refractivity contribution in [3.05, 3.63) is 40.8 Å². The first-order valence-electron chi connectivity index (χ1n) is 6.45. The molecule has 6 heteroatoms. The minimum Gasteiger partial charge on any atom is -0.392 e. The van der Waals surface area contributed by atoms with Crippen LogP contribution < -0.4 is 5.32 Å². The third kappa shape index (κ3) is 2.24. The smallest absolute Gasteiger partial charge is 0.245 e. The molecule has 3 atom stereocenters. The van der Waals surface area contributed by atoms with Gasteiger partial charge >= 0.3 is 0 Å². The fourth-order valence-corrected chi connectivity index (χ4v) is 3.78. The molecule has 3 rings (SSSR count). The SMILES string of the molecule is N#CC1C(=O)NC2SC=C(c3ccc(CO)cc3)C2C1=O. The van der Waals surface area contributed by atoms with E-state index in [1.165, 1.54) is 11.8 Å². The number of Topliss-reactive ketones (excluding diaryl/α,β-unsaturated/α-hetero) is 1. The van der Waals surface area contributed by atoms with Gasteiger partial charge in [-0.3, -0.25) is 9.59 Å². The molecule has 2 N–H and O–H groups in total. The highest BCUT2D eigenvalue weighted by Crippen LogP contribution is 2.43. The first-order valence-corrected chi connectivity index (χ1v) is 7.39. The lowest BCUT2D eigenvalue weighted by molar-refractivity contribution is -0.136. The number of aliphatic hydroxyl groups is 1. The molecule has 0 aliphatic carbocycles. The van der Waals surface area contributed by atoms with Gasteiger partial charge in [-0.15, -0.1) is 11.8 Å². The molecule has 2 heterocycles. The summed E-state index contributed by atoms with van der Waals surface area (Å²) in [6.07, 6.45) is 0. The van der Waals surface area contributed by atoms with Crippen LogP contribution in [0.2, 0.25) is 0 Å². The summed E-state index contributed by atoms with van der Waals surface area (Å²) in [4.78, 5) is 24.1. The van der Waals surface area contributed by atoms with E-state index >= 15 is 0 Å². The Morgan fingerprint density at radius 2 is 2.00 bits per heavy atom. The number of carbonyl (C=O) groups excluding carboxylic acids is 2. The third-order valence-corrected chi connectivity index (χ3v) is 4.79. The summed E-state index contributed by atoms with van der Waals surface area (Å²) in [7, 11) is 0. The average molecular weight is 300 g/mol. The molecule has 0 saturated carbocycles. The van der Waals surface area contributed by atoms with E-state index in [4.69, 9.17) is 10.4 Å². The zero-order chi connectivity index (χ0) is 15.0. The minimum atomic E-state index is -1.23. The Morgan fingerprint density at radius 3 is 2.62 bits per heavy atom. The molecule has 0 aromatic heterocycles. The molecule has 2 aliphatic heterocycles. The number of ketones is 1. The van der Waals surface area contributed by atoms with E-state index < -0.39 is 17.7 Å². The van der Waals surface area contributed by atoms with Gasteiger partial charge < -0.3 is 10.4 Å². The van der Waals surface area contributed by atoms with Crippen molar-refractivity contribution in [2.24, 2.45) is 11.8 Å². The number of nitriles is 1. The predicted molar refractivity (Wildman–Crippen MR) is 77.5 cm³/mol. The molecule has 106 valence electrons. The number of benzene rings is 1. The highest BCUT2D eigenvalue weighted by molar-refractivity contribution is 8.03. The van der Waals surface area contributed by atoms with Crippen LogP contribution in [0.4, 0.5) is 0 Å². The molecule has 1 amide bonds. The monoisotopic (exact) mass is 300 g/mol. The van der Waals surface area contributed by atoms with Crippen molar-refractivity contribution in [3.63, 3.8) is 0 Å². The number of hydrogen-bond acceptors (Lipinski definition) is 5.